The molecule has 1 unspecified atom stereocenters. The number of rotatable bonds is 6. The zero-order chi connectivity index (χ0) is 16.8. The van der Waals surface area contributed by atoms with Crippen LogP contribution in [0.25, 0.3) is 0 Å². The number of alkyl halides is 3. The predicted octanol–water partition coefficient (Wildman–Crippen LogP) is 2.77. The monoisotopic (exact) mass is 320 g/mol. The molecular formula is C14H19F3N2O3. The van der Waals surface area contributed by atoms with Gasteiger partial charge in [-0.2, -0.15) is 13.2 Å². The van der Waals surface area contributed by atoms with Crippen LogP contribution in [0.5, 0.6) is 5.75 Å². The van der Waals surface area contributed by atoms with Crippen LogP contribution in [-0.4, -0.2) is 36.6 Å². The maximum Gasteiger partial charge on any atom is 0.422 e. The van der Waals surface area contributed by atoms with Crippen LogP contribution < -0.4 is 15.4 Å². The van der Waals surface area contributed by atoms with E-state index in [1.54, 1.807) is 0 Å². The molecule has 0 saturated heterocycles. The highest BCUT2D eigenvalue weighted by Crippen LogP contribution is 2.20. The van der Waals surface area contributed by atoms with Gasteiger partial charge in [-0.1, -0.05) is 13.8 Å². The van der Waals surface area contributed by atoms with Gasteiger partial charge in [0.1, 0.15) is 5.75 Å². The lowest BCUT2D eigenvalue weighted by Gasteiger charge is -2.15. The normalized spacial score (nSPS) is 12.9. The van der Waals surface area contributed by atoms with Gasteiger partial charge in [-0.25, -0.2) is 4.79 Å². The molecular weight excluding hydrogens is 301 g/mol. The molecule has 0 saturated carbocycles. The van der Waals surface area contributed by atoms with Gasteiger partial charge in [-0.05, 0) is 30.2 Å². The molecule has 0 spiro atoms. The Morgan fingerprint density at radius 3 is 2.36 bits per heavy atom. The van der Waals surface area contributed by atoms with Gasteiger partial charge in [-0.3, -0.25) is 0 Å². The Hall–Kier alpha value is -1.96. The maximum absolute atomic E-state index is 12.0. The lowest BCUT2D eigenvalue weighted by atomic mass is 10.1. The molecule has 0 radical (unpaired) electrons. The van der Waals surface area contributed by atoms with Crippen molar-refractivity contribution < 1.29 is 27.8 Å². The van der Waals surface area contributed by atoms with Gasteiger partial charge in [0.05, 0.1) is 6.10 Å². The summed E-state index contributed by atoms with van der Waals surface area (Å²) in [5.41, 5.74) is 0.399. The van der Waals surface area contributed by atoms with Crippen LogP contribution in [-0.2, 0) is 0 Å². The Bertz CT molecular complexity index is 475. The van der Waals surface area contributed by atoms with Crippen molar-refractivity contribution >= 4 is 11.7 Å². The van der Waals surface area contributed by atoms with E-state index in [4.69, 9.17) is 0 Å². The van der Waals surface area contributed by atoms with Gasteiger partial charge in [0.15, 0.2) is 6.61 Å². The van der Waals surface area contributed by atoms with E-state index in [9.17, 15) is 23.1 Å². The Morgan fingerprint density at radius 2 is 1.86 bits per heavy atom. The molecule has 8 heteroatoms. The first-order valence-corrected chi connectivity index (χ1v) is 6.70. The number of hydrogen-bond acceptors (Lipinski definition) is 3. The molecule has 1 atom stereocenters. The van der Waals surface area contributed by atoms with E-state index in [2.05, 4.69) is 15.4 Å². The number of anilines is 1. The van der Waals surface area contributed by atoms with Crippen LogP contribution in [0.2, 0.25) is 0 Å². The summed E-state index contributed by atoms with van der Waals surface area (Å²) in [7, 11) is 0. The molecule has 0 aromatic heterocycles. The molecule has 3 N–H and O–H groups in total. The number of aliphatic hydroxyl groups is 1. The second-order valence-corrected chi connectivity index (χ2v) is 5.07. The first-order chi connectivity index (χ1) is 10.2. The number of carbonyl (C=O) groups is 1. The van der Waals surface area contributed by atoms with E-state index in [0.29, 0.717) is 5.69 Å². The van der Waals surface area contributed by atoms with Crippen LogP contribution in [0.4, 0.5) is 23.7 Å². The topological polar surface area (TPSA) is 70.6 Å². The summed E-state index contributed by atoms with van der Waals surface area (Å²) in [5, 5.41) is 14.5. The lowest BCUT2D eigenvalue weighted by Crippen LogP contribution is -2.37. The molecule has 1 rings (SSSR count). The smallest absolute Gasteiger partial charge is 0.422 e. The van der Waals surface area contributed by atoms with Crippen molar-refractivity contribution in [2.45, 2.75) is 26.1 Å². The quantitative estimate of drug-likeness (QED) is 0.755. The van der Waals surface area contributed by atoms with Gasteiger partial charge in [-0.15, -0.1) is 0 Å². The maximum atomic E-state index is 12.0. The van der Waals surface area contributed by atoms with Gasteiger partial charge in [0, 0.05) is 12.2 Å². The summed E-state index contributed by atoms with van der Waals surface area (Å²) in [6, 6.07) is 4.98. The van der Waals surface area contributed by atoms with Crippen molar-refractivity contribution in [1.82, 2.24) is 5.32 Å². The van der Waals surface area contributed by atoms with Crippen LogP contribution in [0.15, 0.2) is 24.3 Å². The van der Waals surface area contributed by atoms with E-state index >= 15 is 0 Å². The van der Waals surface area contributed by atoms with E-state index in [1.165, 1.54) is 24.3 Å². The number of urea groups is 1. The SMILES string of the molecule is CC(C)C(O)CNC(=O)Nc1ccc(OCC(F)(F)F)cc1. The Morgan fingerprint density at radius 1 is 1.27 bits per heavy atom. The number of hydrogen-bond donors (Lipinski definition) is 3. The largest absolute Gasteiger partial charge is 0.484 e. The third-order valence-electron chi connectivity index (χ3n) is 2.76. The van der Waals surface area contributed by atoms with Gasteiger partial charge >= 0.3 is 12.2 Å². The van der Waals surface area contributed by atoms with Crippen LogP contribution in [0, 0.1) is 5.92 Å². The fourth-order valence-corrected chi connectivity index (χ4v) is 1.41. The average molecular weight is 320 g/mol. The third kappa shape index (κ3) is 7.16. The molecule has 22 heavy (non-hydrogen) atoms. The number of ether oxygens (including phenoxy) is 1. The van der Waals surface area contributed by atoms with Crippen LogP contribution in [0.3, 0.4) is 0 Å². The average Bonchev–Trinajstić information content (AvgIpc) is 2.43. The Kier molecular flexibility index (Phi) is 6.48. The molecule has 0 aliphatic carbocycles. The molecule has 2 amide bonds. The van der Waals surface area contributed by atoms with Gasteiger partial charge < -0.3 is 20.5 Å². The number of carbonyl (C=O) groups excluding carboxylic acids is 1. The minimum atomic E-state index is -4.39. The zero-order valence-electron chi connectivity index (χ0n) is 12.3. The van der Waals surface area contributed by atoms with Crippen molar-refractivity contribution in [2.75, 3.05) is 18.5 Å². The highest BCUT2D eigenvalue weighted by molar-refractivity contribution is 5.89. The minimum absolute atomic E-state index is 0.0189. The van der Waals surface area contributed by atoms with Gasteiger partial charge in [0.2, 0.25) is 0 Å². The first-order valence-electron chi connectivity index (χ1n) is 6.70. The van der Waals surface area contributed by atoms with Crippen molar-refractivity contribution in [1.29, 1.82) is 0 Å². The molecule has 0 heterocycles. The highest BCUT2D eigenvalue weighted by atomic mass is 19.4. The van der Waals surface area contributed by atoms with Crippen molar-refractivity contribution in [3.05, 3.63) is 24.3 Å². The lowest BCUT2D eigenvalue weighted by molar-refractivity contribution is -0.153. The number of aliphatic hydroxyl groups excluding tert-OH is 1. The number of amides is 2. The van der Waals surface area contributed by atoms with Crippen LogP contribution >= 0.6 is 0 Å². The summed E-state index contributed by atoms with van der Waals surface area (Å²) in [6.45, 7) is 2.39. The molecule has 0 fully saturated rings. The molecule has 124 valence electrons. The summed E-state index contributed by atoms with van der Waals surface area (Å²) in [5.74, 6) is 0.0730. The number of benzene rings is 1. The first kappa shape index (κ1) is 18.1. The highest BCUT2D eigenvalue weighted by Gasteiger charge is 2.28. The standard InChI is InChI=1S/C14H19F3N2O3/c1-9(2)12(20)7-18-13(21)19-10-3-5-11(6-4-10)22-8-14(15,16)17/h3-6,9,12,20H,7-8H2,1-2H3,(H2,18,19,21). The summed E-state index contributed by atoms with van der Waals surface area (Å²) in [6.07, 6.45) is -5.04. The van der Waals surface area contributed by atoms with Crippen molar-refractivity contribution in [3.63, 3.8) is 0 Å². The summed E-state index contributed by atoms with van der Waals surface area (Å²) in [4.78, 5) is 11.6. The molecule has 5 nitrogen and oxygen atoms in total. The fourth-order valence-electron chi connectivity index (χ4n) is 1.41. The molecule has 1 aromatic rings. The van der Waals surface area contributed by atoms with E-state index < -0.39 is 24.9 Å². The minimum Gasteiger partial charge on any atom is -0.484 e. The van der Waals surface area contributed by atoms with Crippen molar-refractivity contribution in [3.8, 4) is 5.75 Å². The van der Waals surface area contributed by atoms with E-state index in [-0.39, 0.29) is 18.2 Å². The zero-order valence-corrected chi connectivity index (χ0v) is 12.3. The van der Waals surface area contributed by atoms with E-state index in [1.807, 2.05) is 13.8 Å². The number of halogens is 3. The molecule has 0 bridgehead atoms. The van der Waals surface area contributed by atoms with E-state index in [0.717, 1.165) is 0 Å². The second kappa shape index (κ2) is 7.88. The molecule has 1 aromatic carbocycles. The number of nitrogens with one attached hydrogen (secondary N) is 2. The molecule has 0 aliphatic rings. The third-order valence-corrected chi connectivity index (χ3v) is 2.76. The Balaban J connectivity index is 2.42. The summed E-state index contributed by atoms with van der Waals surface area (Å²) >= 11 is 0. The fraction of sp³-hybridized carbons (Fsp3) is 0.500. The predicted molar refractivity (Wildman–Crippen MR) is 75.9 cm³/mol. The molecule has 0 aliphatic heterocycles. The summed E-state index contributed by atoms with van der Waals surface area (Å²) < 4.78 is 40.5. The Labute approximate surface area is 126 Å². The van der Waals surface area contributed by atoms with Crippen molar-refractivity contribution in [2.24, 2.45) is 5.92 Å². The van der Waals surface area contributed by atoms with Crippen LogP contribution in [0.1, 0.15) is 13.8 Å². The van der Waals surface area contributed by atoms with Gasteiger partial charge in [0.25, 0.3) is 0 Å². The second-order valence-electron chi connectivity index (χ2n) is 5.07.